The van der Waals surface area contributed by atoms with E-state index < -0.39 is 0 Å². The van der Waals surface area contributed by atoms with Gasteiger partial charge in [-0.15, -0.1) is 11.8 Å². The third kappa shape index (κ3) is 4.01. The van der Waals surface area contributed by atoms with Crippen molar-refractivity contribution in [3.8, 4) is 5.69 Å². The summed E-state index contributed by atoms with van der Waals surface area (Å²) in [7, 11) is 0. The number of ketones is 1. The van der Waals surface area contributed by atoms with Crippen LogP contribution in [0.2, 0.25) is 10.0 Å². The molecule has 0 aliphatic heterocycles. The van der Waals surface area contributed by atoms with Gasteiger partial charge in [0.05, 0.1) is 10.8 Å². The molecule has 0 bridgehead atoms. The van der Waals surface area contributed by atoms with Gasteiger partial charge in [-0.25, -0.2) is 0 Å². The number of carbonyl (C=O) groups is 1. The summed E-state index contributed by atoms with van der Waals surface area (Å²) < 4.78 is 2.11. The standard InChI is InChI=1S/C21H19Cl2NOS/c1-13-4-7-17(8-5-13)24-14(2)10-18(15(24)3)20(25)12-26-21-11-16(22)6-9-19(21)23/h4-11H,12H2,1-3H3. The molecule has 0 amide bonds. The van der Waals surface area contributed by atoms with Crippen LogP contribution >= 0.6 is 35.0 Å². The van der Waals surface area contributed by atoms with Crippen molar-refractivity contribution in [1.82, 2.24) is 4.57 Å². The van der Waals surface area contributed by atoms with Gasteiger partial charge >= 0.3 is 0 Å². The van der Waals surface area contributed by atoms with Crippen LogP contribution in [0.3, 0.4) is 0 Å². The molecule has 0 fully saturated rings. The van der Waals surface area contributed by atoms with Gasteiger partial charge in [0.25, 0.3) is 0 Å². The SMILES string of the molecule is Cc1ccc(-n2c(C)cc(C(=O)CSc3cc(Cl)ccc3Cl)c2C)cc1. The molecule has 26 heavy (non-hydrogen) atoms. The number of Topliss-reactive ketones (excluding diaryl/α,β-unsaturated/α-hetero) is 1. The van der Waals surface area contributed by atoms with Crippen LogP contribution in [0.1, 0.15) is 27.3 Å². The number of benzene rings is 2. The minimum atomic E-state index is 0.0810. The molecule has 3 rings (SSSR count). The minimum absolute atomic E-state index is 0.0810. The van der Waals surface area contributed by atoms with Gasteiger partial charge < -0.3 is 4.57 Å². The van der Waals surface area contributed by atoms with Crippen LogP contribution in [0.5, 0.6) is 0 Å². The lowest BCUT2D eigenvalue weighted by Crippen LogP contribution is -2.05. The Balaban J connectivity index is 1.83. The number of thioether (sulfide) groups is 1. The Kier molecular flexibility index (Phi) is 5.81. The average Bonchev–Trinajstić information content (AvgIpc) is 2.91. The van der Waals surface area contributed by atoms with Crippen LogP contribution < -0.4 is 0 Å². The summed E-state index contributed by atoms with van der Waals surface area (Å²) in [5, 5.41) is 1.22. The third-order valence-electron chi connectivity index (χ3n) is 4.28. The predicted octanol–water partition coefficient (Wildman–Crippen LogP) is 6.68. The summed E-state index contributed by atoms with van der Waals surface area (Å²) in [6.07, 6.45) is 0. The second-order valence-electron chi connectivity index (χ2n) is 6.24. The number of rotatable bonds is 5. The van der Waals surface area contributed by atoms with Crippen LogP contribution in [-0.2, 0) is 0 Å². The van der Waals surface area contributed by atoms with Gasteiger partial charge in [-0.1, -0.05) is 40.9 Å². The van der Waals surface area contributed by atoms with Crippen LogP contribution in [0.4, 0.5) is 0 Å². The highest BCUT2D eigenvalue weighted by Crippen LogP contribution is 2.31. The minimum Gasteiger partial charge on any atom is -0.318 e. The van der Waals surface area contributed by atoms with Gasteiger partial charge in [0.1, 0.15) is 0 Å². The Bertz CT molecular complexity index is 961. The molecule has 0 atom stereocenters. The highest BCUT2D eigenvalue weighted by atomic mass is 35.5. The van der Waals surface area contributed by atoms with E-state index in [4.69, 9.17) is 23.2 Å². The topological polar surface area (TPSA) is 22.0 Å². The molecule has 3 aromatic rings. The van der Waals surface area contributed by atoms with Crippen molar-refractivity contribution in [2.45, 2.75) is 25.7 Å². The lowest BCUT2D eigenvalue weighted by molar-refractivity contribution is 0.102. The maximum absolute atomic E-state index is 12.8. The fraction of sp³-hybridized carbons (Fsp3) is 0.190. The highest BCUT2D eigenvalue weighted by molar-refractivity contribution is 8.00. The van der Waals surface area contributed by atoms with E-state index >= 15 is 0 Å². The number of hydrogen-bond acceptors (Lipinski definition) is 2. The van der Waals surface area contributed by atoms with E-state index in [1.165, 1.54) is 17.3 Å². The zero-order valence-corrected chi connectivity index (χ0v) is 17.2. The molecular weight excluding hydrogens is 385 g/mol. The van der Waals surface area contributed by atoms with E-state index in [0.717, 1.165) is 27.5 Å². The molecule has 0 unspecified atom stereocenters. The average molecular weight is 404 g/mol. The first-order valence-electron chi connectivity index (χ1n) is 8.24. The first-order chi connectivity index (χ1) is 12.4. The summed E-state index contributed by atoms with van der Waals surface area (Å²) in [5.41, 5.74) is 5.01. The monoisotopic (exact) mass is 403 g/mol. The molecule has 1 heterocycles. The quantitative estimate of drug-likeness (QED) is 0.349. The van der Waals surface area contributed by atoms with Gasteiger partial charge in [-0.05, 0) is 57.2 Å². The summed E-state index contributed by atoms with van der Waals surface area (Å²) in [6, 6.07) is 15.5. The molecular formula is C21H19Cl2NOS. The van der Waals surface area contributed by atoms with Crippen molar-refractivity contribution >= 4 is 40.7 Å². The smallest absolute Gasteiger partial charge is 0.174 e. The van der Waals surface area contributed by atoms with E-state index in [-0.39, 0.29) is 5.78 Å². The molecule has 0 N–H and O–H groups in total. The molecule has 0 saturated carbocycles. The molecule has 5 heteroatoms. The molecule has 0 radical (unpaired) electrons. The highest BCUT2D eigenvalue weighted by Gasteiger charge is 2.17. The third-order valence-corrected chi connectivity index (χ3v) is 6.01. The van der Waals surface area contributed by atoms with E-state index in [1.54, 1.807) is 18.2 Å². The maximum Gasteiger partial charge on any atom is 0.174 e. The maximum atomic E-state index is 12.8. The van der Waals surface area contributed by atoms with Gasteiger partial charge in [0.15, 0.2) is 5.78 Å². The number of carbonyl (C=O) groups excluding carboxylic acids is 1. The Labute approximate surface area is 168 Å². The normalized spacial score (nSPS) is 11.0. The molecule has 2 aromatic carbocycles. The molecule has 0 spiro atoms. The van der Waals surface area contributed by atoms with Crippen LogP contribution in [0, 0.1) is 20.8 Å². The van der Waals surface area contributed by atoms with Crippen LogP contribution in [0.25, 0.3) is 5.69 Å². The Morgan fingerprint density at radius 1 is 1.00 bits per heavy atom. The zero-order chi connectivity index (χ0) is 18.8. The summed E-state index contributed by atoms with van der Waals surface area (Å²) >= 11 is 13.6. The molecule has 0 saturated heterocycles. The Morgan fingerprint density at radius 3 is 2.38 bits per heavy atom. The molecule has 1 aromatic heterocycles. The summed E-state index contributed by atoms with van der Waals surface area (Å²) in [4.78, 5) is 13.6. The van der Waals surface area contributed by atoms with Gasteiger partial charge in [-0.2, -0.15) is 0 Å². The van der Waals surface area contributed by atoms with Crippen LogP contribution in [-0.4, -0.2) is 16.1 Å². The van der Waals surface area contributed by atoms with Gasteiger partial charge in [-0.3, -0.25) is 4.79 Å². The lowest BCUT2D eigenvalue weighted by Gasteiger charge is -2.10. The Hall–Kier alpha value is -1.68. The number of aryl methyl sites for hydroxylation is 2. The number of halogens is 2. The molecule has 134 valence electrons. The predicted molar refractivity (Wildman–Crippen MR) is 111 cm³/mol. The van der Waals surface area contributed by atoms with Crippen molar-refractivity contribution in [3.63, 3.8) is 0 Å². The van der Waals surface area contributed by atoms with Gasteiger partial charge in [0, 0.05) is 32.6 Å². The number of nitrogens with zero attached hydrogens (tertiary/aromatic N) is 1. The zero-order valence-electron chi connectivity index (χ0n) is 14.8. The van der Waals surface area contributed by atoms with Crippen molar-refractivity contribution in [3.05, 3.63) is 81.1 Å². The fourth-order valence-corrected chi connectivity index (χ4v) is 4.32. The van der Waals surface area contributed by atoms with Crippen molar-refractivity contribution in [2.24, 2.45) is 0 Å². The summed E-state index contributed by atoms with van der Waals surface area (Å²) in [6.45, 7) is 6.06. The molecule has 2 nitrogen and oxygen atoms in total. The van der Waals surface area contributed by atoms with E-state index in [0.29, 0.717) is 15.8 Å². The Morgan fingerprint density at radius 2 is 1.69 bits per heavy atom. The van der Waals surface area contributed by atoms with Crippen molar-refractivity contribution < 1.29 is 4.79 Å². The first kappa shape index (κ1) is 19.1. The van der Waals surface area contributed by atoms with Crippen molar-refractivity contribution in [2.75, 3.05) is 5.75 Å². The van der Waals surface area contributed by atoms with E-state index in [2.05, 4.69) is 35.8 Å². The number of hydrogen-bond donors (Lipinski definition) is 0. The van der Waals surface area contributed by atoms with Crippen LogP contribution in [0.15, 0.2) is 53.4 Å². The largest absolute Gasteiger partial charge is 0.318 e. The summed E-state index contributed by atoms with van der Waals surface area (Å²) in [5.74, 6) is 0.399. The molecule has 0 aliphatic rings. The first-order valence-corrected chi connectivity index (χ1v) is 9.98. The fourth-order valence-electron chi connectivity index (χ4n) is 2.95. The lowest BCUT2D eigenvalue weighted by atomic mass is 10.2. The second kappa shape index (κ2) is 7.91. The molecule has 0 aliphatic carbocycles. The second-order valence-corrected chi connectivity index (χ2v) is 8.10. The van der Waals surface area contributed by atoms with E-state index in [1.807, 2.05) is 19.9 Å². The van der Waals surface area contributed by atoms with Gasteiger partial charge in [0.2, 0.25) is 0 Å². The number of aromatic nitrogens is 1. The van der Waals surface area contributed by atoms with E-state index in [9.17, 15) is 4.79 Å². The van der Waals surface area contributed by atoms with Crippen molar-refractivity contribution in [1.29, 1.82) is 0 Å².